The maximum atomic E-state index is 12.8. The Hall–Kier alpha value is -1.59. The number of halogens is 1. The summed E-state index contributed by atoms with van der Waals surface area (Å²) in [5.41, 5.74) is 6.95. The summed E-state index contributed by atoms with van der Waals surface area (Å²) in [6.45, 7) is 4.80. The molecule has 27 heavy (non-hydrogen) atoms. The average Bonchev–Trinajstić information content (AvgIpc) is 2.61. The van der Waals surface area contributed by atoms with Gasteiger partial charge in [0.25, 0.3) is 5.91 Å². The molecule has 3 N–H and O–H groups in total. The van der Waals surface area contributed by atoms with Gasteiger partial charge in [-0.05, 0) is 64.2 Å². The van der Waals surface area contributed by atoms with Crippen molar-refractivity contribution in [2.45, 2.75) is 70.4 Å². The van der Waals surface area contributed by atoms with Crippen molar-refractivity contribution in [2.24, 2.45) is 11.7 Å². The van der Waals surface area contributed by atoms with Crippen molar-refractivity contribution in [2.75, 3.05) is 11.9 Å². The molecular formula is C21H30ClN3O2. The van der Waals surface area contributed by atoms with E-state index in [1.54, 1.807) is 18.2 Å². The Bertz CT molecular complexity index is 719. The maximum absolute atomic E-state index is 12.8. The molecule has 148 valence electrons. The van der Waals surface area contributed by atoms with Gasteiger partial charge in [-0.15, -0.1) is 0 Å². The summed E-state index contributed by atoms with van der Waals surface area (Å²) in [4.78, 5) is 27.4. The third-order valence-corrected chi connectivity index (χ3v) is 6.41. The number of nitrogens with zero attached hydrogens (tertiary/aromatic N) is 1. The zero-order chi connectivity index (χ0) is 19.6. The van der Waals surface area contributed by atoms with Crippen LogP contribution in [0.25, 0.3) is 0 Å². The van der Waals surface area contributed by atoms with Gasteiger partial charge in [-0.1, -0.05) is 24.4 Å². The molecule has 3 rings (SSSR count). The molecule has 2 aliphatic rings. The van der Waals surface area contributed by atoms with Gasteiger partial charge in [-0.2, -0.15) is 0 Å². The largest absolute Gasteiger partial charge is 0.336 e. The van der Waals surface area contributed by atoms with Crippen LogP contribution in [0.1, 0.15) is 69.2 Å². The SMILES string of the molecule is CC1CCCCN1C(=O)c1ccc(NC(=O)C2CCCCC2(C)N)cc1Cl. The van der Waals surface area contributed by atoms with Crippen molar-refractivity contribution >= 4 is 29.1 Å². The van der Waals surface area contributed by atoms with Crippen LogP contribution in [-0.4, -0.2) is 34.8 Å². The van der Waals surface area contributed by atoms with Gasteiger partial charge < -0.3 is 16.0 Å². The smallest absolute Gasteiger partial charge is 0.255 e. The molecule has 0 aromatic heterocycles. The second kappa shape index (κ2) is 8.19. The van der Waals surface area contributed by atoms with Crippen LogP contribution < -0.4 is 11.1 Å². The molecule has 0 spiro atoms. The standard InChI is InChI=1S/C21H30ClN3O2/c1-14-7-4-6-12-25(14)20(27)16-10-9-15(13-18(16)22)24-19(26)17-8-3-5-11-21(17,2)23/h9-10,13-14,17H,3-8,11-12,23H2,1-2H3,(H,24,26). The number of hydrogen-bond acceptors (Lipinski definition) is 3. The molecular weight excluding hydrogens is 362 g/mol. The highest BCUT2D eigenvalue weighted by Crippen LogP contribution is 2.33. The first-order chi connectivity index (χ1) is 12.8. The number of piperidine rings is 1. The number of rotatable bonds is 3. The topological polar surface area (TPSA) is 75.4 Å². The van der Waals surface area contributed by atoms with Crippen molar-refractivity contribution < 1.29 is 9.59 Å². The minimum atomic E-state index is -0.480. The van der Waals surface area contributed by atoms with E-state index in [0.29, 0.717) is 16.3 Å². The van der Waals surface area contributed by atoms with Gasteiger partial charge in [0.2, 0.25) is 5.91 Å². The molecule has 0 radical (unpaired) electrons. The fourth-order valence-electron chi connectivity index (χ4n) is 4.34. The van der Waals surface area contributed by atoms with Gasteiger partial charge in [0.05, 0.1) is 16.5 Å². The average molecular weight is 392 g/mol. The molecule has 1 saturated heterocycles. The summed E-state index contributed by atoms with van der Waals surface area (Å²) in [5.74, 6) is -0.313. The Morgan fingerprint density at radius 3 is 2.63 bits per heavy atom. The zero-order valence-corrected chi connectivity index (χ0v) is 17.0. The lowest BCUT2D eigenvalue weighted by Gasteiger charge is -2.37. The highest BCUT2D eigenvalue weighted by atomic mass is 35.5. The quantitative estimate of drug-likeness (QED) is 0.810. The van der Waals surface area contributed by atoms with E-state index in [0.717, 1.165) is 51.5 Å². The van der Waals surface area contributed by atoms with Gasteiger partial charge in [-0.25, -0.2) is 0 Å². The molecule has 3 atom stereocenters. The van der Waals surface area contributed by atoms with Gasteiger partial charge >= 0.3 is 0 Å². The second-order valence-corrected chi connectivity index (χ2v) is 8.74. The van der Waals surface area contributed by atoms with Crippen molar-refractivity contribution in [3.63, 3.8) is 0 Å². The van der Waals surface area contributed by atoms with E-state index >= 15 is 0 Å². The van der Waals surface area contributed by atoms with Gasteiger partial charge in [-0.3, -0.25) is 9.59 Å². The number of carbonyl (C=O) groups excluding carboxylic acids is 2. The summed E-state index contributed by atoms with van der Waals surface area (Å²) < 4.78 is 0. The van der Waals surface area contributed by atoms with Crippen LogP contribution in [0.2, 0.25) is 5.02 Å². The summed E-state index contributed by atoms with van der Waals surface area (Å²) in [6.07, 6.45) is 6.95. The number of benzene rings is 1. The van der Waals surface area contributed by atoms with Crippen molar-refractivity contribution in [3.05, 3.63) is 28.8 Å². The lowest BCUT2D eigenvalue weighted by molar-refractivity contribution is -0.122. The molecule has 1 saturated carbocycles. The first-order valence-electron chi connectivity index (χ1n) is 10.00. The highest BCUT2D eigenvalue weighted by Gasteiger charge is 2.37. The molecule has 2 fully saturated rings. The van der Waals surface area contributed by atoms with Crippen LogP contribution in [0.4, 0.5) is 5.69 Å². The van der Waals surface area contributed by atoms with Gasteiger partial charge in [0.1, 0.15) is 0 Å². The van der Waals surface area contributed by atoms with Crippen LogP contribution >= 0.6 is 11.6 Å². The van der Waals surface area contributed by atoms with E-state index in [-0.39, 0.29) is 23.8 Å². The van der Waals surface area contributed by atoms with Crippen molar-refractivity contribution in [1.82, 2.24) is 4.90 Å². The number of hydrogen-bond donors (Lipinski definition) is 2. The number of nitrogens with one attached hydrogen (secondary N) is 1. The van der Waals surface area contributed by atoms with Crippen molar-refractivity contribution in [1.29, 1.82) is 0 Å². The molecule has 2 amide bonds. The number of nitrogens with two attached hydrogens (primary N) is 1. The molecule has 1 aromatic carbocycles. The molecule has 3 unspecified atom stereocenters. The third kappa shape index (κ3) is 4.46. The lowest BCUT2D eigenvalue weighted by Crippen LogP contribution is -2.51. The van der Waals surface area contributed by atoms with Gasteiger partial charge in [0.15, 0.2) is 0 Å². The van der Waals surface area contributed by atoms with Gasteiger partial charge in [0, 0.05) is 23.8 Å². The molecule has 0 bridgehead atoms. The molecule has 1 aliphatic heterocycles. The maximum Gasteiger partial charge on any atom is 0.255 e. The number of carbonyl (C=O) groups is 2. The third-order valence-electron chi connectivity index (χ3n) is 6.10. The van der Waals surface area contributed by atoms with E-state index in [2.05, 4.69) is 12.2 Å². The summed E-state index contributed by atoms with van der Waals surface area (Å²) in [6, 6.07) is 5.36. The van der Waals surface area contributed by atoms with E-state index in [1.165, 1.54) is 0 Å². The predicted molar refractivity (Wildman–Crippen MR) is 109 cm³/mol. The fourth-order valence-corrected chi connectivity index (χ4v) is 4.60. The zero-order valence-electron chi connectivity index (χ0n) is 16.3. The normalized spacial score (nSPS) is 28.7. The predicted octanol–water partition coefficient (Wildman–Crippen LogP) is 4.20. The van der Waals surface area contributed by atoms with Crippen LogP contribution in [0, 0.1) is 5.92 Å². The Balaban J connectivity index is 1.71. The Morgan fingerprint density at radius 2 is 1.96 bits per heavy atom. The Kier molecular flexibility index (Phi) is 6.11. The molecule has 6 heteroatoms. The van der Waals surface area contributed by atoms with Crippen LogP contribution in [0.3, 0.4) is 0 Å². The monoisotopic (exact) mass is 391 g/mol. The highest BCUT2D eigenvalue weighted by molar-refractivity contribution is 6.34. The number of amides is 2. The molecule has 1 aliphatic carbocycles. The van der Waals surface area contributed by atoms with Crippen LogP contribution in [-0.2, 0) is 4.79 Å². The minimum Gasteiger partial charge on any atom is -0.336 e. The first kappa shape index (κ1) is 20.2. The number of anilines is 1. The first-order valence-corrected chi connectivity index (χ1v) is 10.4. The minimum absolute atomic E-state index is 0.0353. The molecule has 1 heterocycles. The molecule has 5 nitrogen and oxygen atoms in total. The Morgan fingerprint density at radius 1 is 1.22 bits per heavy atom. The van der Waals surface area contributed by atoms with E-state index in [4.69, 9.17) is 17.3 Å². The van der Waals surface area contributed by atoms with E-state index in [9.17, 15) is 9.59 Å². The summed E-state index contributed by atoms with van der Waals surface area (Å²) in [7, 11) is 0. The van der Waals surface area contributed by atoms with Crippen molar-refractivity contribution in [3.8, 4) is 0 Å². The Labute approximate surface area is 166 Å². The fraction of sp³-hybridized carbons (Fsp3) is 0.619. The summed E-state index contributed by atoms with van der Waals surface area (Å²) in [5, 5.41) is 3.30. The second-order valence-electron chi connectivity index (χ2n) is 8.33. The van der Waals surface area contributed by atoms with Crippen LogP contribution in [0.15, 0.2) is 18.2 Å². The van der Waals surface area contributed by atoms with Crippen LogP contribution in [0.5, 0.6) is 0 Å². The van der Waals surface area contributed by atoms with E-state index in [1.807, 2.05) is 11.8 Å². The number of likely N-dealkylation sites (tertiary alicyclic amines) is 1. The summed E-state index contributed by atoms with van der Waals surface area (Å²) >= 11 is 6.39. The molecule has 1 aromatic rings. The lowest BCUT2D eigenvalue weighted by atomic mass is 9.74. The van der Waals surface area contributed by atoms with E-state index < -0.39 is 5.54 Å².